The molecule has 4 aromatic carbocycles. The van der Waals surface area contributed by atoms with Crippen LogP contribution < -0.4 is 5.73 Å². The van der Waals surface area contributed by atoms with Gasteiger partial charge in [0.25, 0.3) is 0 Å². The molecule has 0 aliphatic heterocycles. The number of nitrogens with zero attached hydrogens (tertiary/aromatic N) is 2. The molecule has 0 unspecified atom stereocenters. The second-order valence-corrected chi connectivity index (χ2v) is 12.9. The summed E-state index contributed by atoms with van der Waals surface area (Å²) in [4.78, 5) is 37.4. The van der Waals surface area contributed by atoms with E-state index in [4.69, 9.17) is 80.4 Å². The van der Waals surface area contributed by atoms with Crippen LogP contribution in [0.5, 0.6) is 0 Å². The summed E-state index contributed by atoms with van der Waals surface area (Å²) in [6.45, 7) is 0.423. The first-order chi connectivity index (χ1) is 22.4. The molecule has 0 bridgehead atoms. The highest BCUT2D eigenvalue weighted by Gasteiger charge is 2.09. The van der Waals surface area contributed by atoms with Crippen molar-refractivity contribution < 1.29 is 14.7 Å². The Morgan fingerprint density at radius 2 is 1.06 bits per heavy atom. The number of ketones is 1. The van der Waals surface area contributed by atoms with E-state index >= 15 is 0 Å². The molecule has 6 aromatic rings. The van der Waals surface area contributed by atoms with Crippen LogP contribution in [0, 0.1) is 0 Å². The molecule has 8 nitrogen and oxygen atoms in total. The zero-order chi connectivity index (χ0) is 34.1. The molecule has 14 heteroatoms. The number of halogens is 6. The third-order valence-corrected chi connectivity index (χ3v) is 7.76. The number of Topliss-reactive ketones (excluding diaryl/α,β-unsaturated/α-hetero) is 1. The Morgan fingerprint density at radius 1 is 0.617 bits per heavy atom. The van der Waals surface area contributed by atoms with Crippen LogP contribution in [0.1, 0.15) is 29.2 Å². The van der Waals surface area contributed by atoms with Crippen molar-refractivity contribution in [3.05, 3.63) is 126 Å². The molecule has 0 atom stereocenters. The lowest BCUT2D eigenvalue weighted by Gasteiger charge is -2.02. The summed E-state index contributed by atoms with van der Waals surface area (Å²) in [5.41, 5.74) is 10.4. The highest BCUT2D eigenvalue weighted by Crippen LogP contribution is 2.22. The number of benzene rings is 4. The zero-order valence-electron chi connectivity index (χ0n) is 24.5. The van der Waals surface area contributed by atoms with Gasteiger partial charge >= 0.3 is 5.97 Å². The largest absolute Gasteiger partial charge is 0.481 e. The number of aromatic amines is 2. The number of carboxylic acids is 1. The van der Waals surface area contributed by atoms with Crippen molar-refractivity contribution in [2.24, 2.45) is 5.73 Å². The van der Waals surface area contributed by atoms with E-state index < -0.39 is 5.97 Å². The molecule has 0 aliphatic rings. The number of aryl methyl sites for hydroxylation is 1. The number of nitrogens with two attached hydrogens (primary N) is 1. The first-order valence-corrected chi connectivity index (χ1v) is 16.3. The van der Waals surface area contributed by atoms with E-state index in [1.807, 2.05) is 30.3 Å². The Kier molecular flexibility index (Phi) is 13.3. The average Bonchev–Trinajstić information content (AvgIpc) is 3.58. The molecule has 0 radical (unpaired) electrons. The van der Waals surface area contributed by atoms with Gasteiger partial charge in [0.2, 0.25) is 0 Å². The van der Waals surface area contributed by atoms with Crippen LogP contribution in [0.4, 0.5) is 0 Å². The lowest BCUT2D eigenvalue weighted by Crippen LogP contribution is -2.05. The number of H-pyrrole nitrogens is 2. The number of hydrogen-bond donors (Lipinski definition) is 4. The van der Waals surface area contributed by atoms with Gasteiger partial charge in [0.1, 0.15) is 17.4 Å². The first kappa shape index (κ1) is 36.5. The monoisotopic (exact) mass is 751 g/mol. The minimum Gasteiger partial charge on any atom is -0.481 e. The third kappa shape index (κ3) is 11.7. The van der Waals surface area contributed by atoms with Crippen LogP contribution in [-0.2, 0) is 35.4 Å². The minimum atomic E-state index is -0.895. The number of nitrogens with one attached hydrogen (secondary N) is 2. The number of rotatable bonds is 8. The summed E-state index contributed by atoms with van der Waals surface area (Å²) in [6.07, 6.45) is 1.21. The van der Waals surface area contributed by atoms with E-state index in [0.717, 1.165) is 39.3 Å². The second kappa shape index (κ2) is 17.2. The fourth-order valence-electron chi connectivity index (χ4n) is 4.46. The standard InChI is InChI=1S/C17H13Cl3N2O.C8H6Cl2O2.C8H8ClN3/c18-11-1-3-15-16(9-11)22-17(21-15)4-2-14(23)7-10-5-12(19)8-13(20)6-10;9-6-1-5(3-8(11)12)2-7(10)4-6;9-5-1-2-6-7(3-5)12-8(4-10)11-6/h1,3,5-6,8-9H,2,4,7H2,(H,21,22);1-2,4H,3H2,(H,11,12);1-3H,4,10H2,(H,11,12). The highest BCUT2D eigenvalue weighted by atomic mass is 35.5. The Hall–Kier alpha value is -3.34. The van der Waals surface area contributed by atoms with Gasteiger partial charge in [-0.15, -0.1) is 0 Å². The number of carboxylic acid groups (broad SMARTS) is 1. The van der Waals surface area contributed by atoms with Crippen molar-refractivity contribution in [1.82, 2.24) is 19.9 Å². The van der Waals surface area contributed by atoms with Crippen LogP contribution >= 0.6 is 69.6 Å². The smallest absolute Gasteiger partial charge is 0.307 e. The first-order valence-electron chi connectivity index (χ1n) is 14.0. The molecule has 0 saturated heterocycles. The van der Waals surface area contributed by atoms with Crippen LogP contribution in [0.25, 0.3) is 22.1 Å². The number of fused-ring (bicyclic) bond motifs is 2. The summed E-state index contributed by atoms with van der Waals surface area (Å²) in [5, 5.41) is 11.8. The lowest BCUT2D eigenvalue weighted by atomic mass is 10.1. The minimum absolute atomic E-state index is 0.0553. The molecular formula is C33H27Cl6N5O3. The van der Waals surface area contributed by atoms with Gasteiger partial charge in [0.05, 0.1) is 35.0 Å². The zero-order valence-corrected chi connectivity index (χ0v) is 29.0. The van der Waals surface area contributed by atoms with Crippen molar-refractivity contribution in [1.29, 1.82) is 0 Å². The van der Waals surface area contributed by atoms with Crippen molar-refractivity contribution in [3.63, 3.8) is 0 Å². The summed E-state index contributed by atoms with van der Waals surface area (Å²) in [7, 11) is 0. The fraction of sp³-hybridized carbons (Fsp3) is 0.152. The number of carbonyl (C=O) groups excluding carboxylic acids is 1. The Balaban J connectivity index is 0.000000176. The quantitative estimate of drug-likeness (QED) is 0.122. The van der Waals surface area contributed by atoms with E-state index in [9.17, 15) is 9.59 Å². The van der Waals surface area contributed by atoms with Gasteiger partial charge in [-0.1, -0.05) is 69.6 Å². The van der Waals surface area contributed by atoms with E-state index in [0.29, 0.717) is 61.5 Å². The van der Waals surface area contributed by atoms with E-state index in [2.05, 4.69) is 19.9 Å². The number of aromatic nitrogens is 4. The molecule has 0 aliphatic carbocycles. The second-order valence-electron chi connectivity index (χ2n) is 10.2. The summed E-state index contributed by atoms with van der Waals surface area (Å²) in [6, 6.07) is 20.9. The highest BCUT2D eigenvalue weighted by molar-refractivity contribution is 6.35. The molecule has 2 heterocycles. The molecule has 0 spiro atoms. The normalized spacial score (nSPS) is 10.7. The SMILES string of the molecule is NCc1nc2ccc(Cl)cc2[nH]1.O=C(CCc1nc2ccc(Cl)cc2[nH]1)Cc1cc(Cl)cc(Cl)c1.O=C(O)Cc1cc(Cl)cc(Cl)c1. The summed E-state index contributed by atoms with van der Waals surface area (Å²) >= 11 is 34.9. The maximum absolute atomic E-state index is 12.1. The molecule has 47 heavy (non-hydrogen) atoms. The molecule has 0 amide bonds. The molecule has 6 rings (SSSR count). The number of aliphatic carboxylic acids is 1. The van der Waals surface area contributed by atoms with Gasteiger partial charge in [0, 0.05) is 49.4 Å². The third-order valence-electron chi connectivity index (χ3n) is 6.42. The molecule has 5 N–H and O–H groups in total. The Morgan fingerprint density at radius 3 is 1.53 bits per heavy atom. The van der Waals surface area contributed by atoms with E-state index in [1.165, 1.54) is 0 Å². The van der Waals surface area contributed by atoms with Crippen LogP contribution in [0.3, 0.4) is 0 Å². The number of imidazole rings is 2. The molecule has 244 valence electrons. The van der Waals surface area contributed by atoms with Crippen LogP contribution in [0.15, 0.2) is 72.8 Å². The van der Waals surface area contributed by atoms with Crippen molar-refractivity contribution in [2.45, 2.75) is 32.2 Å². The lowest BCUT2D eigenvalue weighted by molar-refractivity contribution is -0.136. The van der Waals surface area contributed by atoms with E-state index in [-0.39, 0.29) is 12.2 Å². The van der Waals surface area contributed by atoms with Crippen molar-refractivity contribution in [3.8, 4) is 0 Å². The predicted molar refractivity (Wildman–Crippen MR) is 191 cm³/mol. The number of hydrogen-bond acceptors (Lipinski definition) is 5. The molecule has 2 aromatic heterocycles. The van der Waals surface area contributed by atoms with Crippen LogP contribution in [0.2, 0.25) is 30.1 Å². The van der Waals surface area contributed by atoms with Crippen molar-refractivity contribution in [2.75, 3.05) is 0 Å². The summed E-state index contributed by atoms with van der Waals surface area (Å²) in [5.74, 6) is 0.780. The molecule has 0 fully saturated rings. The van der Waals surface area contributed by atoms with Gasteiger partial charge in [-0.25, -0.2) is 9.97 Å². The van der Waals surface area contributed by atoms with Gasteiger partial charge in [-0.2, -0.15) is 0 Å². The van der Waals surface area contributed by atoms with Gasteiger partial charge < -0.3 is 20.8 Å². The maximum Gasteiger partial charge on any atom is 0.307 e. The molecule has 0 saturated carbocycles. The topological polar surface area (TPSA) is 138 Å². The van der Waals surface area contributed by atoms with Gasteiger partial charge in [-0.3, -0.25) is 9.59 Å². The number of carbonyl (C=O) groups is 2. The van der Waals surface area contributed by atoms with Crippen LogP contribution in [-0.4, -0.2) is 36.8 Å². The van der Waals surface area contributed by atoms with Gasteiger partial charge in [-0.05, 0) is 83.9 Å². The Bertz CT molecular complexity index is 1990. The fourth-order valence-corrected chi connectivity index (χ4v) is 5.95. The predicted octanol–water partition coefficient (Wildman–Crippen LogP) is 9.56. The Labute approximate surface area is 300 Å². The molecular weight excluding hydrogens is 727 g/mol. The van der Waals surface area contributed by atoms with E-state index in [1.54, 1.807) is 42.5 Å². The van der Waals surface area contributed by atoms with Crippen molar-refractivity contribution >= 4 is 103 Å². The average molecular weight is 754 g/mol. The van der Waals surface area contributed by atoms with Gasteiger partial charge in [0.15, 0.2) is 0 Å². The summed E-state index contributed by atoms with van der Waals surface area (Å²) < 4.78 is 0. The maximum atomic E-state index is 12.1.